The van der Waals surface area contributed by atoms with Crippen molar-refractivity contribution in [2.75, 3.05) is 13.7 Å². The lowest BCUT2D eigenvalue weighted by atomic mass is 9.90. The van der Waals surface area contributed by atoms with Gasteiger partial charge in [-0.25, -0.2) is 9.97 Å². The highest BCUT2D eigenvalue weighted by Gasteiger charge is 2.27. The Morgan fingerprint density at radius 3 is 2.82 bits per heavy atom. The van der Waals surface area contributed by atoms with Crippen molar-refractivity contribution < 1.29 is 14.6 Å². The standard InChI is InChI=1S/C11H15N3O3/c1-17-11-13-5-8(6-14-11)9-4-7(10(15)16)2-3-12-9/h5-7,9,12H,2-4H2,1H3,(H,15,16). The number of ether oxygens (including phenoxy) is 1. The molecule has 1 saturated heterocycles. The zero-order chi connectivity index (χ0) is 12.3. The van der Waals surface area contributed by atoms with Crippen molar-refractivity contribution in [1.82, 2.24) is 15.3 Å². The van der Waals surface area contributed by atoms with Crippen LogP contribution in [0.3, 0.4) is 0 Å². The van der Waals surface area contributed by atoms with Crippen LogP contribution in [0, 0.1) is 5.92 Å². The van der Waals surface area contributed by atoms with E-state index in [1.54, 1.807) is 12.4 Å². The minimum atomic E-state index is -0.731. The quantitative estimate of drug-likeness (QED) is 0.801. The molecular formula is C11H15N3O3. The lowest BCUT2D eigenvalue weighted by molar-refractivity contribution is -0.143. The van der Waals surface area contributed by atoms with Crippen LogP contribution in [0.1, 0.15) is 24.4 Å². The van der Waals surface area contributed by atoms with Gasteiger partial charge in [0.15, 0.2) is 0 Å². The Hall–Kier alpha value is -1.69. The van der Waals surface area contributed by atoms with Crippen LogP contribution in [0.25, 0.3) is 0 Å². The van der Waals surface area contributed by atoms with E-state index in [2.05, 4.69) is 15.3 Å². The molecule has 0 aromatic carbocycles. The largest absolute Gasteiger partial charge is 0.481 e. The summed E-state index contributed by atoms with van der Waals surface area (Å²) in [5.41, 5.74) is 0.900. The van der Waals surface area contributed by atoms with Crippen LogP contribution in [0.2, 0.25) is 0 Å². The highest BCUT2D eigenvalue weighted by molar-refractivity contribution is 5.70. The van der Waals surface area contributed by atoms with E-state index in [1.165, 1.54) is 7.11 Å². The summed E-state index contributed by atoms with van der Waals surface area (Å²) >= 11 is 0. The molecule has 1 aromatic heterocycles. The van der Waals surface area contributed by atoms with Gasteiger partial charge in [0.05, 0.1) is 13.0 Å². The second kappa shape index (κ2) is 5.09. The van der Waals surface area contributed by atoms with Crippen LogP contribution < -0.4 is 10.1 Å². The van der Waals surface area contributed by atoms with E-state index in [0.717, 1.165) is 5.56 Å². The molecule has 0 saturated carbocycles. The van der Waals surface area contributed by atoms with Crippen molar-refractivity contribution >= 4 is 5.97 Å². The topological polar surface area (TPSA) is 84.3 Å². The summed E-state index contributed by atoms with van der Waals surface area (Å²) in [7, 11) is 1.51. The van der Waals surface area contributed by atoms with E-state index in [1.807, 2.05) is 0 Å². The van der Waals surface area contributed by atoms with Crippen molar-refractivity contribution in [2.24, 2.45) is 5.92 Å². The monoisotopic (exact) mass is 237 g/mol. The van der Waals surface area contributed by atoms with Gasteiger partial charge in [0.2, 0.25) is 0 Å². The van der Waals surface area contributed by atoms with E-state index in [9.17, 15) is 4.79 Å². The highest BCUT2D eigenvalue weighted by atomic mass is 16.5. The summed E-state index contributed by atoms with van der Waals surface area (Å²) in [6.45, 7) is 0.702. The third-order valence-corrected chi connectivity index (χ3v) is 2.99. The highest BCUT2D eigenvalue weighted by Crippen LogP contribution is 2.26. The van der Waals surface area contributed by atoms with E-state index in [-0.39, 0.29) is 12.0 Å². The Kier molecular flexibility index (Phi) is 3.53. The molecule has 1 aliphatic rings. The number of methoxy groups -OCH3 is 1. The summed E-state index contributed by atoms with van der Waals surface area (Å²) in [6.07, 6.45) is 4.59. The molecule has 0 amide bonds. The van der Waals surface area contributed by atoms with Crippen LogP contribution in [0.5, 0.6) is 6.01 Å². The Labute approximate surface area is 99.0 Å². The van der Waals surface area contributed by atoms with Crippen molar-refractivity contribution in [1.29, 1.82) is 0 Å². The summed E-state index contributed by atoms with van der Waals surface area (Å²) < 4.78 is 4.88. The summed E-state index contributed by atoms with van der Waals surface area (Å²) in [4.78, 5) is 19.0. The van der Waals surface area contributed by atoms with Gasteiger partial charge in [0.25, 0.3) is 0 Å². The van der Waals surface area contributed by atoms with Crippen molar-refractivity contribution in [3.63, 3.8) is 0 Å². The Bertz CT molecular complexity index is 393. The molecule has 0 aliphatic carbocycles. The van der Waals surface area contributed by atoms with Gasteiger partial charge in [-0.1, -0.05) is 0 Å². The molecule has 0 bridgehead atoms. The Morgan fingerprint density at radius 1 is 1.53 bits per heavy atom. The maximum Gasteiger partial charge on any atom is 0.316 e. The van der Waals surface area contributed by atoms with Gasteiger partial charge in [-0.15, -0.1) is 0 Å². The number of carbonyl (C=O) groups is 1. The van der Waals surface area contributed by atoms with Crippen LogP contribution in [-0.2, 0) is 4.79 Å². The number of aromatic nitrogens is 2. The lowest BCUT2D eigenvalue weighted by Crippen LogP contribution is -2.35. The summed E-state index contributed by atoms with van der Waals surface area (Å²) in [5.74, 6) is -1.02. The summed E-state index contributed by atoms with van der Waals surface area (Å²) in [6, 6.07) is 0.329. The van der Waals surface area contributed by atoms with Gasteiger partial charge < -0.3 is 15.2 Å². The number of nitrogens with one attached hydrogen (secondary N) is 1. The normalized spacial score (nSPS) is 24.3. The first-order chi connectivity index (χ1) is 8.20. The second-order valence-electron chi connectivity index (χ2n) is 4.07. The number of aliphatic carboxylic acids is 1. The van der Waals surface area contributed by atoms with Crippen molar-refractivity contribution in [3.8, 4) is 6.01 Å². The molecule has 1 aromatic rings. The molecule has 2 atom stereocenters. The first-order valence-corrected chi connectivity index (χ1v) is 5.53. The van der Waals surface area contributed by atoms with Crippen LogP contribution in [0.4, 0.5) is 0 Å². The van der Waals surface area contributed by atoms with Crippen LogP contribution in [0.15, 0.2) is 12.4 Å². The predicted octanol–water partition coefficient (Wildman–Crippen LogP) is 0.610. The fourth-order valence-corrected chi connectivity index (χ4v) is 2.01. The average molecular weight is 237 g/mol. The molecule has 0 spiro atoms. The van der Waals surface area contributed by atoms with Gasteiger partial charge in [0, 0.05) is 24.0 Å². The molecule has 2 heterocycles. The zero-order valence-electron chi connectivity index (χ0n) is 9.59. The van der Waals surface area contributed by atoms with Gasteiger partial charge in [-0.05, 0) is 19.4 Å². The smallest absolute Gasteiger partial charge is 0.316 e. The van der Waals surface area contributed by atoms with Crippen molar-refractivity contribution in [3.05, 3.63) is 18.0 Å². The predicted molar refractivity (Wildman–Crippen MR) is 59.7 cm³/mol. The first kappa shape index (κ1) is 11.8. The van der Waals surface area contributed by atoms with E-state index in [0.29, 0.717) is 25.4 Å². The third kappa shape index (κ3) is 2.71. The molecule has 17 heavy (non-hydrogen) atoms. The molecule has 1 aliphatic heterocycles. The number of nitrogens with zero attached hydrogens (tertiary/aromatic N) is 2. The molecule has 6 heteroatoms. The van der Waals surface area contributed by atoms with E-state index in [4.69, 9.17) is 9.84 Å². The number of carboxylic acids is 1. The number of carboxylic acid groups (broad SMARTS) is 1. The Balaban J connectivity index is 2.08. The molecular weight excluding hydrogens is 222 g/mol. The molecule has 1 fully saturated rings. The second-order valence-corrected chi connectivity index (χ2v) is 4.07. The summed E-state index contributed by atoms with van der Waals surface area (Å²) in [5, 5.41) is 12.3. The fourth-order valence-electron chi connectivity index (χ4n) is 2.01. The number of hydrogen-bond donors (Lipinski definition) is 2. The minimum absolute atomic E-state index is 0.00996. The Morgan fingerprint density at radius 2 is 2.24 bits per heavy atom. The maximum atomic E-state index is 11.0. The molecule has 6 nitrogen and oxygen atoms in total. The first-order valence-electron chi connectivity index (χ1n) is 5.53. The molecule has 2 unspecified atom stereocenters. The minimum Gasteiger partial charge on any atom is -0.481 e. The number of piperidine rings is 1. The molecule has 92 valence electrons. The van der Waals surface area contributed by atoms with E-state index < -0.39 is 5.97 Å². The number of rotatable bonds is 3. The van der Waals surface area contributed by atoms with Crippen LogP contribution >= 0.6 is 0 Å². The fraction of sp³-hybridized carbons (Fsp3) is 0.545. The maximum absolute atomic E-state index is 11.0. The van der Waals surface area contributed by atoms with Gasteiger partial charge in [-0.2, -0.15) is 0 Å². The van der Waals surface area contributed by atoms with Crippen molar-refractivity contribution in [2.45, 2.75) is 18.9 Å². The van der Waals surface area contributed by atoms with E-state index >= 15 is 0 Å². The third-order valence-electron chi connectivity index (χ3n) is 2.99. The lowest BCUT2D eigenvalue weighted by Gasteiger charge is -2.27. The van der Waals surface area contributed by atoms with Gasteiger partial charge >= 0.3 is 12.0 Å². The van der Waals surface area contributed by atoms with Crippen LogP contribution in [-0.4, -0.2) is 34.7 Å². The zero-order valence-corrected chi connectivity index (χ0v) is 9.59. The number of hydrogen-bond acceptors (Lipinski definition) is 5. The molecule has 2 rings (SSSR count). The average Bonchev–Trinajstić information content (AvgIpc) is 2.39. The molecule has 2 N–H and O–H groups in total. The van der Waals surface area contributed by atoms with Gasteiger partial charge in [0.1, 0.15) is 0 Å². The molecule has 0 radical (unpaired) electrons. The SMILES string of the molecule is COc1ncc(C2CC(C(=O)O)CCN2)cn1. The van der Waals surface area contributed by atoms with Gasteiger partial charge in [-0.3, -0.25) is 4.79 Å².